The number of benzene rings is 1. The topological polar surface area (TPSA) is 108 Å². The molecule has 5 rings (SSSR count). The zero-order valence-electron chi connectivity index (χ0n) is 22.4. The van der Waals surface area contributed by atoms with Gasteiger partial charge in [-0.3, -0.25) is 9.63 Å². The molecule has 2 aliphatic rings. The number of amides is 1. The van der Waals surface area contributed by atoms with E-state index in [4.69, 9.17) is 26.2 Å². The van der Waals surface area contributed by atoms with E-state index in [1.807, 2.05) is 24.5 Å². The van der Waals surface area contributed by atoms with Crippen molar-refractivity contribution in [2.24, 2.45) is 0 Å². The summed E-state index contributed by atoms with van der Waals surface area (Å²) >= 11 is 6.63. The largest absolute Gasteiger partial charge is 0.495 e. The Bertz CT molecular complexity index is 1320. The third-order valence-electron chi connectivity index (χ3n) is 7.12. The maximum Gasteiger partial charge on any atom is 0.275 e. The van der Waals surface area contributed by atoms with E-state index < -0.39 is 0 Å². The first-order valence-corrected chi connectivity index (χ1v) is 13.4. The van der Waals surface area contributed by atoms with Crippen molar-refractivity contribution < 1.29 is 14.4 Å². The van der Waals surface area contributed by atoms with Gasteiger partial charge in [-0.2, -0.15) is 0 Å². The normalized spacial score (nSPS) is 15.6. The number of fused-ring (bicyclic) bond motifs is 1. The Morgan fingerprint density at radius 2 is 1.87 bits per heavy atom. The number of hydroxylamine groups is 1. The highest BCUT2D eigenvalue weighted by Gasteiger charge is 2.24. The average Bonchev–Trinajstić information content (AvgIpc) is 2.97. The van der Waals surface area contributed by atoms with Crippen LogP contribution >= 0.6 is 11.6 Å². The number of aromatic nitrogens is 3. The number of halogens is 1. The Morgan fingerprint density at radius 3 is 2.56 bits per heavy atom. The molecule has 39 heavy (non-hydrogen) atoms. The van der Waals surface area contributed by atoms with Crippen LogP contribution in [0.2, 0.25) is 5.02 Å². The van der Waals surface area contributed by atoms with Gasteiger partial charge in [-0.1, -0.05) is 18.5 Å². The summed E-state index contributed by atoms with van der Waals surface area (Å²) in [7, 11) is 2.91. The lowest BCUT2D eigenvalue weighted by Crippen LogP contribution is -2.46. The Labute approximate surface area is 233 Å². The van der Waals surface area contributed by atoms with Crippen LogP contribution < -0.4 is 25.3 Å². The van der Waals surface area contributed by atoms with Gasteiger partial charge in [0.25, 0.3) is 5.91 Å². The van der Waals surface area contributed by atoms with Crippen molar-refractivity contribution in [1.29, 1.82) is 0 Å². The Kier molecular flexibility index (Phi) is 8.30. The van der Waals surface area contributed by atoms with Crippen molar-refractivity contribution in [2.45, 2.75) is 19.9 Å². The second-order valence-corrected chi connectivity index (χ2v) is 9.81. The van der Waals surface area contributed by atoms with Crippen LogP contribution in [0.1, 0.15) is 28.5 Å². The molecule has 1 saturated heterocycles. The summed E-state index contributed by atoms with van der Waals surface area (Å²) in [5, 5.41) is 3.72. The smallest absolute Gasteiger partial charge is 0.275 e. The van der Waals surface area contributed by atoms with E-state index in [9.17, 15) is 4.79 Å². The number of methoxy groups -OCH3 is 1. The number of rotatable bonds is 8. The number of ether oxygens (including phenoxy) is 1. The summed E-state index contributed by atoms with van der Waals surface area (Å²) in [5.41, 5.74) is 6.23. The minimum Gasteiger partial charge on any atom is -0.495 e. The number of nitrogens with zero attached hydrogens (tertiary/aromatic N) is 6. The minimum atomic E-state index is -0.383. The van der Waals surface area contributed by atoms with Crippen LogP contribution in [0, 0.1) is 0 Å². The molecule has 0 spiro atoms. The van der Waals surface area contributed by atoms with Crippen LogP contribution in [-0.4, -0.2) is 79.2 Å². The average molecular weight is 553 g/mol. The molecule has 4 heterocycles. The van der Waals surface area contributed by atoms with Gasteiger partial charge in [0.1, 0.15) is 16.6 Å². The third-order valence-corrected chi connectivity index (χ3v) is 7.50. The van der Waals surface area contributed by atoms with Crippen molar-refractivity contribution in [3.63, 3.8) is 0 Å². The molecule has 0 saturated carbocycles. The number of anilines is 4. The van der Waals surface area contributed by atoms with E-state index in [1.54, 1.807) is 12.1 Å². The van der Waals surface area contributed by atoms with Crippen LogP contribution in [0.4, 0.5) is 23.1 Å². The maximum absolute atomic E-state index is 12.4. The van der Waals surface area contributed by atoms with Gasteiger partial charge in [-0.05, 0) is 30.8 Å². The summed E-state index contributed by atoms with van der Waals surface area (Å²) in [6.07, 6.45) is 4.35. The lowest BCUT2D eigenvalue weighted by Gasteiger charge is -2.34. The molecule has 1 fully saturated rings. The predicted octanol–water partition coefficient (Wildman–Crippen LogP) is 3.27. The van der Waals surface area contributed by atoms with Crippen LogP contribution in [-0.2, 0) is 17.8 Å². The van der Waals surface area contributed by atoms with E-state index in [2.05, 4.69) is 42.4 Å². The second kappa shape index (κ2) is 12.0. The van der Waals surface area contributed by atoms with E-state index in [0.717, 1.165) is 55.5 Å². The number of likely N-dealkylation sites (N-methyl/N-ethyl adjacent to an activating group) is 1. The molecule has 1 aromatic carbocycles. The van der Waals surface area contributed by atoms with Gasteiger partial charge in [0, 0.05) is 63.0 Å². The van der Waals surface area contributed by atoms with Crippen LogP contribution in [0.25, 0.3) is 0 Å². The van der Waals surface area contributed by atoms with E-state index in [-0.39, 0.29) is 5.91 Å². The maximum atomic E-state index is 12.4. The van der Waals surface area contributed by atoms with Crippen molar-refractivity contribution in [2.75, 3.05) is 68.6 Å². The van der Waals surface area contributed by atoms with Gasteiger partial charge in [-0.25, -0.2) is 20.4 Å². The minimum absolute atomic E-state index is 0.383. The Hall–Kier alpha value is -3.67. The van der Waals surface area contributed by atoms with Crippen LogP contribution in [0.15, 0.2) is 36.7 Å². The van der Waals surface area contributed by atoms with E-state index in [1.165, 1.54) is 14.2 Å². The fourth-order valence-corrected chi connectivity index (χ4v) is 5.20. The van der Waals surface area contributed by atoms with Gasteiger partial charge in [0.2, 0.25) is 5.95 Å². The number of hydrogen-bond acceptors (Lipinski definition) is 10. The number of pyridine rings is 1. The first kappa shape index (κ1) is 26.9. The monoisotopic (exact) mass is 552 g/mol. The first-order chi connectivity index (χ1) is 19.0. The predicted molar refractivity (Wildman–Crippen MR) is 151 cm³/mol. The Balaban J connectivity index is 1.27. The van der Waals surface area contributed by atoms with Gasteiger partial charge >= 0.3 is 0 Å². The molecular formula is C27H33ClN8O3. The SMILES string of the molecule is CCN1CCN(c2ccc(Nc3ncc4c(n3)CCN(c3cc(C(=O)NOC)cc(OC)c3Cl)C4)cn2)CC1. The fourth-order valence-electron chi connectivity index (χ4n) is 4.90. The molecule has 0 radical (unpaired) electrons. The molecule has 2 aliphatic heterocycles. The van der Waals surface area contributed by atoms with E-state index in [0.29, 0.717) is 47.5 Å². The summed E-state index contributed by atoms with van der Waals surface area (Å²) in [6.45, 7) is 8.61. The van der Waals surface area contributed by atoms with Crippen LogP contribution in [0.3, 0.4) is 0 Å². The molecule has 0 unspecified atom stereocenters. The van der Waals surface area contributed by atoms with Crippen LogP contribution in [0.5, 0.6) is 5.75 Å². The first-order valence-electron chi connectivity index (χ1n) is 13.0. The van der Waals surface area contributed by atoms with Gasteiger partial charge in [-0.15, -0.1) is 0 Å². The van der Waals surface area contributed by atoms with Gasteiger partial charge in [0.15, 0.2) is 0 Å². The van der Waals surface area contributed by atoms with Crippen molar-refractivity contribution in [1.82, 2.24) is 25.3 Å². The molecule has 11 nitrogen and oxygen atoms in total. The number of piperazine rings is 1. The van der Waals surface area contributed by atoms with Gasteiger partial charge < -0.3 is 24.8 Å². The third kappa shape index (κ3) is 6.00. The molecule has 12 heteroatoms. The highest BCUT2D eigenvalue weighted by atomic mass is 35.5. The molecule has 0 bridgehead atoms. The zero-order valence-corrected chi connectivity index (χ0v) is 23.2. The molecule has 3 aromatic rings. The number of nitrogens with one attached hydrogen (secondary N) is 2. The number of hydrogen-bond donors (Lipinski definition) is 2. The lowest BCUT2D eigenvalue weighted by atomic mass is 10.1. The summed E-state index contributed by atoms with van der Waals surface area (Å²) in [5.74, 6) is 1.56. The second-order valence-electron chi connectivity index (χ2n) is 9.44. The quantitative estimate of drug-likeness (QED) is 0.404. The molecular weight excluding hydrogens is 520 g/mol. The number of carbonyl (C=O) groups excluding carboxylic acids is 1. The number of carbonyl (C=O) groups is 1. The van der Waals surface area contributed by atoms with Crippen molar-refractivity contribution in [3.8, 4) is 5.75 Å². The lowest BCUT2D eigenvalue weighted by molar-refractivity contribution is 0.0537. The highest BCUT2D eigenvalue weighted by Crippen LogP contribution is 2.38. The molecule has 0 atom stereocenters. The molecule has 2 aromatic heterocycles. The fraction of sp³-hybridized carbons (Fsp3) is 0.407. The van der Waals surface area contributed by atoms with Crippen molar-refractivity contribution in [3.05, 3.63) is 58.5 Å². The molecule has 206 valence electrons. The molecule has 1 amide bonds. The Morgan fingerprint density at radius 1 is 1.05 bits per heavy atom. The summed E-state index contributed by atoms with van der Waals surface area (Å²) in [6, 6.07) is 7.38. The summed E-state index contributed by atoms with van der Waals surface area (Å²) in [4.78, 5) is 38.0. The van der Waals surface area contributed by atoms with Crippen molar-refractivity contribution >= 4 is 40.6 Å². The molecule has 2 N–H and O–H groups in total. The summed E-state index contributed by atoms with van der Waals surface area (Å²) < 4.78 is 5.42. The zero-order chi connectivity index (χ0) is 27.4. The standard InChI is InChI=1S/C27H33ClN8O3/c1-4-34-9-11-35(12-10-34)24-6-5-20(16-29-24)31-27-30-15-19-17-36(8-7-21(19)32-27)22-13-18(26(37)33-39-3)14-23(38-2)25(22)28/h5-6,13-16H,4,7-12,17H2,1-3H3,(H,33,37)(H,30,31,32). The van der Waals surface area contributed by atoms with Gasteiger partial charge in [0.05, 0.1) is 37.5 Å². The highest BCUT2D eigenvalue weighted by molar-refractivity contribution is 6.35. The van der Waals surface area contributed by atoms with E-state index >= 15 is 0 Å². The molecule has 0 aliphatic carbocycles.